The van der Waals surface area contributed by atoms with Gasteiger partial charge in [0.2, 0.25) is 11.8 Å². The molecule has 0 spiro atoms. The van der Waals surface area contributed by atoms with Gasteiger partial charge in [0.15, 0.2) is 0 Å². The van der Waals surface area contributed by atoms with Crippen LogP contribution in [-0.4, -0.2) is 49.4 Å². The highest BCUT2D eigenvalue weighted by Crippen LogP contribution is 2.32. The maximum Gasteiger partial charge on any atom is 0.239 e. The van der Waals surface area contributed by atoms with Gasteiger partial charge in [0.05, 0.1) is 10.0 Å². The van der Waals surface area contributed by atoms with Gasteiger partial charge in [-0.25, -0.2) is 0 Å². The van der Waals surface area contributed by atoms with Gasteiger partial charge in [0.1, 0.15) is 5.92 Å². The summed E-state index contributed by atoms with van der Waals surface area (Å²) in [4.78, 5) is 28.9. The fraction of sp³-hybridized carbons (Fsp3) is 0.529. The Labute approximate surface area is 164 Å². The summed E-state index contributed by atoms with van der Waals surface area (Å²) in [7, 11) is 1.81. The molecule has 5 nitrogen and oxygen atoms in total. The summed E-state index contributed by atoms with van der Waals surface area (Å²) in [6.07, 6.45) is 2.40. The lowest BCUT2D eigenvalue weighted by molar-refractivity contribution is -0.140. The van der Waals surface area contributed by atoms with E-state index < -0.39 is 5.92 Å². The monoisotopic (exact) mass is 405 g/mol. The van der Waals surface area contributed by atoms with Crippen LogP contribution in [0.1, 0.15) is 19.3 Å². The Bertz CT molecular complexity index is 650. The highest BCUT2D eigenvalue weighted by Gasteiger charge is 2.40. The molecule has 2 heterocycles. The van der Waals surface area contributed by atoms with Crippen molar-refractivity contribution in [3.8, 4) is 0 Å². The van der Waals surface area contributed by atoms with E-state index in [4.69, 9.17) is 23.2 Å². The van der Waals surface area contributed by atoms with Crippen molar-refractivity contribution in [2.75, 3.05) is 31.6 Å². The second-order valence-electron chi connectivity index (χ2n) is 6.36. The summed E-state index contributed by atoms with van der Waals surface area (Å²) in [5.41, 5.74) is 0.689. The van der Waals surface area contributed by atoms with Gasteiger partial charge in [-0.1, -0.05) is 23.2 Å². The number of hydrogen-bond donors (Lipinski definition) is 1. The highest BCUT2D eigenvalue weighted by molar-refractivity contribution is 6.42. The number of rotatable bonds is 3. The van der Waals surface area contributed by atoms with Crippen LogP contribution in [0.4, 0.5) is 5.69 Å². The van der Waals surface area contributed by atoms with Gasteiger partial charge in [-0.2, -0.15) is 0 Å². The van der Waals surface area contributed by atoms with Crippen LogP contribution in [0.3, 0.4) is 0 Å². The number of nitrogens with one attached hydrogen (secondary N) is 1. The maximum absolute atomic E-state index is 12.8. The fourth-order valence-electron chi connectivity index (χ4n) is 3.44. The minimum Gasteiger partial charge on any atom is -0.342 e. The number of piperidine rings is 1. The average molecular weight is 407 g/mol. The van der Waals surface area contributed by atoms with Crippen molar-refractivity contribution in [1.82, 2.24) is 10.2 Å². The minimum absolute atomic E-state index is 0. The molecule has 2 fully saturated rings. The van der Waals surface area contributed by atoms with Gasteiger partial charge in [0.25, 0.3) is 0 Å². The number of halogens is 3. The zero-order valence-electron chi connectivity index (χ0n) is 14.0. The molecule has 3 rings (SSSR count). The predicted molar refractivity (Wildman–Crippen MR) is 103 cm³/mol. The van der Waals surface area contributed by atoms with Crippen molar-refractivity contribution in [2.24, 2.45) is 5.92 Å². The van der Waals surface area contributed by atoms with E-state index in [-0.39, 0.29) is 30.3 Å². The molecular weight excluding hydrogens is 385 g/mol. The third-order valence-electron chi connectivity index (χ3n) is 4.92. The largest absolute Gasteiger partial charge is 0.342 e. The highest BCUT2D eigenvalue weighted by atomic mass is 35.5. The molecule has 1 unspecified atom stereocenters. The zero-order valence-corrected chi connectivity index (χ0v) is 16.3. The molecule has 138 valence electrons. The standard InChI is InChI=1S/C17H21Cl2N3O2.ClH/c1-21(11-4-7-20-8-5-11)16(23)13-6-9-22(17(13)24)12-2-3-14(18)15(19)10-12;/h2-3,10-11,13,20H,4-9H2,1H3;1H. The van der Waals surface area contributed by atoms with Crippen molar-refractivity contribution in [3.63, 3.8) is 0 Å². The molecule has 0 aromatic heterocycles. The van der Waals surface area contributed by atoms with Crippen LogP contribution in [0.25, 0.3) is 0 Å². The first kappa shape index (κ1) is 20.3. The van der Waals surface area contributed by atoms with Crippen molar-refractivity contribution >= 4 is 53.1 Å². The Hall–Kier alpha value is -1.01. The Balaban J connectivity index is 0.00000225. The molecule has 0 saturated carbocycles. The molecule has 0 aliphatic carbocycles. The van der Waals surface area contributed by atoms with E-state index in [1.54, 1.807) is 28.0 Å². The Morgan fingerprint density at radius 3 is 2.52 bits per heavy atom. The number of nitrogens with zero attached hydrogens (tertiary/aromatic N) is 2. The molecule has 2 amide bonds. The molecule has 1 aromatic rings. The van der Waals surface area contributed by atoms with Gasteiger partial charge in [-0.05, 0) is 50.6 Å². The molecule has 0 radical (unpaired) electrons. The van der Waals surface area contributed by atoms with Gasteiger partial charge in [-0.15, -0.1) is 12.4 Å². The van der Waals surface area contributed by atoms with E-state index in [1.165, 1.54) is 0 Å². The number of hydrogen-bond acceptors (Lipinski definition) is 3. The summed E-state index contributed by atoms with van der Waals surface area (Å²) in [5, 5.41) is 4.14. The first-order valence-corrected chi connectivity index (χ1v) is 8.98. The topological polar surface area (TPSA) is 52.7 Å². The van der Waals surface area contributed by atoms with Crippen LogP contribution < -0.4 is 10.2 Å². The van der Waals surface area contributed by atoms with Crippen molar-refractivity contribution in [2.45, 2.75) is 25.3 Å². The van der Waals surface area contributed by atoms with Gasteiger partial charge < -0.3 is 15.1 Å². The Morgan fingerprint density at radius 2 is 1.88 bits per heavy atom. The Kier molecular flexibility index (Phi) is 6.97. The molecule has 25 heavy (non-hydrogen) atoms. The normalized spacial score (nSPS) is 21.2. The van der Waals surface area contributed by atoms with E-state index in [1.807, 2.05) is 7.05 Å². The average Bonchev–Trinajstić information content (AvgIpc) is 2.98. The lowest BCUT2D eigenvalue weighted by Gasteiger charge is -2.33. The third kappa shape index (κ3) is 4.22. The zero-order chi connectivity index (χ0) is 17.3. The Morgan fingerprint density at radius 1 is 1.20 bits per heavy atom. The van der Waals surface area contributed by atoms with Crippen LogP contribution in [0.2, 0.25) is 10.0 Å². The van der Waals surface area contributed by atoms with E-state index in [0.717, 1.165) is 25.9 Å². The molecule has 1 N–H and O–H groups in total. The molecule has 1 aromatic carbocycles. The van der Waals surface area contributed by atoms with Gasteiger partial charge in [0, 0.05) is 25.3 Å². The fourth-order valence-corrected chi connectivity index (χ4v) is 3.73. The van der Waals surface area contributed by atoms with Crippen LogP contribution >= 0.6 is 35.6 Å². The lowest BCUT2D eigenvalue weighted by Crippen LogP contribution is -2.47. The molecule has 8 heteroatoms. The maximum atomic E-state index is 12.8. The second-order valence-corrected chi connectivity index (χ2v) is 7.17. The molecule has 2 saturated heterocycles. The predicted octanol–water partition coefficient (Wildman–Crippen LogP) is 2.98. The van der Waals surface area contributed by atoms with E-state index in [2.05, 4.69) is 5.32 Å². The lowest BCUT2D eigenvalue weighted by atomic mass is 10.0. The smallest absolute Gasteiger partial charge is 0.239 e. The third-order valence-corrected chi connectivity index (χ3v) is 5.66. The van der Waals surface area contributed by atoms with Crippen LogP contribution in [0, 0.1) is 5.92 Å². The minimum atomic E-state index is -0.598. The molecular formula is C17H22Cl3N3O2. The molecule has 1 atom stereocenters. The van der Waals surface area contributed by atoms with E-state index in [9.17, 15) is 9.59 Å². The summed E-state index contributed by atoms with van der Waals surface area (Å²) in [5.74, 6) is -0.826. The van der Waals surface area contributed by atoms with Crippen LogP contribution in [0.5, 0.6) is 0 Å². The summed E-state index contributed by atoms with van der Waals surface area (Å²) in [6.45, 7) is 2.35. The summed E-state index contributed by atoms with van der Waals surface area (Å²) in [6, 6.07) is 5.31. The summed E-state index contributed by atoms with van der Waals surface area (Å²) >= 11 is 12.0. The number of anilines is 1. The SMILES string of the molecule is CN(C(=O)C1CCN(c2ccc(Cl)c(Cl)c2)C1=O)C1CCNCC1.Cl. The van der Waals surface area contributed by atoms with Crippen molar-refractivity contribution in [1.29, 1.82) is 0 Å². The molecule has 0 bridgehead atoms. The van der Waals surface area contributed by atoms with E-state index >= 15 is 0 Å². The quantitative estimate of drug-likeness (QED) is 0.785. The van der Waals surface area contributed by atoms with Crippen molar-refractivity contribution < 1.29 is 9.59 Å². The van der Waals surface area contributed by atoms with Gasteiger partial charge in [-0.3, -0.25) is 9.59 Å². The number of benzene rings is 1. The number of carbonyl (C=O) groups is 2. The van der Waals surface area contributed by atoms with Crippen molar-refractivity contribution in [3.05, 3.63) is 28.2 Å². The number of amides is 2. The number of carbonyl (C=O) groups excluding carboxylic acids is 2. The van der Waals surface area contributed by atoms with Crippen LogP contribution in [0.15, 0.2) is 18.2 Å². The molecule has 2 aliphatic heterocycles. The summed E-state index contributed by atoms with van der Waals surface area (Å²) < 4.78 is 0. The van der Waals surface area contributed by atoms with E-state index in [0.29, 0.717) is 28.7 Å². The first-order valence-electron chi connectivity index (χ1n) is 8.23. The van der Waals surface area contributed by atoms with Gasteiger partial charge >= 0.3 is 0 Å². The van der Waals surface area contributed by atoms with Crippen LogP contribution in [-0.2, 0) is 9.59 Å². The molecule has 2 aliphatic rings. The first-order chi connectivity index (χ1) is 11.5. The second kappa shape index (κ2) is 8.58.